The maximum absolute atomic E-state index is 13.2. The van der Waals surface area contributed by atoms with Gasteiger partial charge in [0, 0.05) is 44.0 Å². The number of halogens is 1. The van der Waals surface area contributed by atoms with E-state index in [1.807, 2.05) is 13.0 Å². The second-order valence-electron chi connectivity index (χ2n) is 7.44. The summed E-state index contributed by atoms with van der Waals surface area (Å²) in [5.41, 5.74) is 0.899. The first kappa shape index (κ1) is 22.0. The summed E-state index contributed by atoms with van der Waals surface area (Å²) in [6, 6.07) is 7.93. The highest BCUT2D eigenvalue weighted by Crippen LogP contribution is 2.28. The Morgan fingerprint density at radius 3 is 2.69 bits per heavy atom. The second kappa shape index (κ2) is 9.94. The van der Waals surface area contributed by atoms with E-state index >= 15 is 0 Å². The first-order valence-electron chi connectivity index (χ1n) is 9.99. The van der Waals surface area contributed by atoms with Crippen LogP contribution in [-0.2, 0) is 11.3 Å². The predicted octanol–water partition coefficient (Wildman–Crippen LogP) is 2.48. The van der Waals surface area contributed by atoms with Gasteiger partial charge in [0.25, 0.3) is 0 Å². The molecule has 1 fully saturated rings. The number of nitrogens with one attached hydrogen (secondary N) is 3. The standard InChI is InChI=1S/C20H23FN8O2S/c1-13(15-2-4-16(21)5-3-15)25-20-27-17(26-18-10-22-6-7-23-18)8-19(28-20)29-11-14(12-29)9-24-32(30)31/h2-8,10,13-14,24H,9,11-12H2,1H3,(H,30,31)(H2,23,25,26,27,28). The minimum atomic E-state index is -2.02. The van der Waals surface area contributed by atoms with Crippen LogP contribution in [0.15, 0.2) is 48.9 Å². The van der Waals surface area contributed by atoms with Crippen LogP contribution in [0.4, 0.5) is 27.8 Å². The smallest absolute Gasteiger partial charge is 0.231 e. The zero-order chi connectivity index (χ0) is 22.5. The molecular weight excluding hydrogens is 435 g/mol. The molecule has 0 spiro atoms. The average Bonchev–Trinajstić information content (AvgIpc) is 2.73. The van der Waals surface area contributed by atoms with Gasteiger partial charge in [-0.25, -0.2) is 18.3 Å². The molecule has 3 heterocycles. The average molecular weight is 459 g/mol. The third-order valence-corrected chi connectivity index (χ3v) is 5.44. The van der Waals surface area contributed by atoms with Gasteiger partial charge < -0.3 is 15.5 Å². The lowest BCUT2D eigenvalue weighted by Gasteiger charge is -2.40. The normalized spacial score (nSPS) is 15.7. The van der Waals surface area contributed by atoms with Gasteiger partial charge in [0.1, 0.15) is 23.3 Å². The van der Waals surface area contributed by atoms with Crippen LogP contribution < -0.4 is 20.3 Å². The molecular formula is C20H23FN8O2S. The Hall–Kier alpha value is -3.22. The topological polar surface area (TPSA) is 128 Å². The van der Waals surface area contributed by atoms with E-state index < -0.39 is 11.3 Å². The fourth-order valence-electron chi connectivity index (χ4n) is 3.32. The quantitative estimate of drug-likeness (QED) is 0.358. The molecule has 0 radical (unpaired) electrons. The summed E-state index contributed by atoms with van der Waals surface area (Å²) in [4.78, 5) is 19.5. The first-order chi connectivity index (χ1) is 15.5. The molecule has 0 bridgehead atoms. The number of hydrogen-bond donors (Lipinski definition) is 4. The van der Waals surface area contributed by atoms with Gasteiger partial charge in [0.2, 0.25) is 17.2 Å². The molecule has 1 aromatic carbocycles. The van der Waals surface area contributed by atoms with E-state index in [4.69, 9.17) is 4.55 Å². The number of rotatable bonds is 9. The van der Waals surface area contributed by atoms with E-state index in [9.17, 15) is 8.60 Å². The zero-order valence-corrected chi connectivity index (χ0v) is 18.1. The minimum Gasteiger partial charge on any atom is -0.356 e. The third kappa shape index (κ3) is 5.72. The van der Waals surface area contributed by atoms with E-state index in [2.05, 4.69) is 40.2 Å². The molecule has 2 unspecified atom stereocenters. The van der Waals surface area contributed by atoms with Gasteiger partial charge in [-0.05, 0) is 24.6 Å². The van der Waals surface area contributed by atoms with E-state index in [0.717, 1.165) is 5.56 Å². The maximum Gasteiger partial charge on any atom is 0.231 e. The third-order valence-electron chi connectivity index (χ3n) is 5.02. The van der Waals surface area contributed by atoms with E-state index in [1.54, 1.807) is 30.7 Å². The van der Waals surface area contributed by atoms with Crippen LogP contribution in [0.2, 0.25) is 0 Å². The van der Waals surface area contributed by atoms with Gasteiger partial charge >= 0.3 is 0 Å². The predicted molar refractivity (Wildman–Crippen MR) is 120 cm³/mol. The zero-order valence-electron chi connectivity index (χ0n) is 17.3. The summed E-state index contributed by atoms with van der Waals surface area (Å²) in [5, 5.41) is 6.40. The molecule has 2 atom stereocenters. The molecule has 10 nitrogen and oxygen atoms in total. The van der Waals surface area contributed by atoms with Crippen molar-refractivity contribution >= 4 is 34.7 Å². The highest BCUT2D eigenvalue weighted by atomic mass is 32.2. The summed E-state index contributed by atoms with van der Waals surface area (Å²) in [7, 11) is 0. The lowest BCUT2D eigenvalue weighted by Crippen LogP contribution is -2.51. The van der Waals surface area contributed by atoms with Crippen LogP contribution in [-0.4, -0.2) is 48.3 Å². The van der Waals surface area contributed by atoms with Crippen LogP contribution >= 0.6 is 0 Å². The molecule has 1 aliphatic rings. The Labute approximate surface area is 187 Å². The lowest BCUT2D eigenvalue weighted by molar-refractivity contribution is 0.401. The Kier molecular flexibility index (Phi) is 6.83. The van der Waals surface area contributed by atoms with Crippen LogP contribution in [0.5, 0.6) is 0 Å². The highest BCUT2D eigenvalue weighted by Gasteiger charge is 2.28. The van der Waals surface area contributed by atoms with Crippen LogP contribution in [0.25, 0.3) is 0 Å². The Bertz CT molecular complexity index is 1070. The monoisotopic (exact) mass is 458 g/mol. The van der Waals surface area contributed by atoms with Crippen LogP contribution in [0.1, 0.15) is 18.5 Å². The van der Waals surface area contributed by atoms with Gasteiger partial charge in [0.15, 0.2) is 0 Å². The Balaban J connectivity index is 1.52. The van der Waals surface area contributed by atoms with Gasteiger partial charge in [0.05, 0.1) is 12.2 Å². The molecule has 0 saturated carbocycles. The summed E-state index contributed by atoms with van der Waals surface area (Å²) < 4.78 is 35.5. The SMILES string of the molecule is CC(Nc1nc(Nc2cnccn2)cc(N2CC(CNS(=O)O)C2)n1)c1ccc(F)cc1. The van der Waals surface area contributed by atoms with Crippen molar-refractivity contribution in [2.75, 3.05) is 35.2 Å². The molecule has 0 aliphatic carbocycles. The molecule has 1 aliphatic heterocycles. The minimum absolute atomic E-state index is 0.150. The summed E-state index contributed by atoms with van der Waals surface area (Å²) in [6.07, 6.45) is 4.76. The van der Waals surface area contributed by atoms with Crippen molar-refractivity contribution in [2.45, 2.75) is 13.0 Å². The van der Waals surface area contributed by atoms with E-state index in [-0.39, 0.29) is 17.8 Å². The van der Waals surface area contributed by atoms with Crippen molar-refractivity contribution < 1.29 is 13.2 Å². The molecule has 3 aromatic rings. The number of anilines is 4. The largest absolute Gasteiger partial charge is 0.356 e. The molecule has 2 aromatic heterocycles. The van der Waals surface area contributed by atoms with Crippen LogP contribution in [0.3, 0.4) is 0 Å². The molecule has 12 heteroatoms. The van der Waals surface area contributed by atoms with E-state index in [0.29, 0.717) is 43.0 Å². The van der Waals surface area contributed by atoms with Gasteiger partial charge in [-0.3, -0.25) is 9.54 Å². The fraction of sp³-hybridized carbons (Fsp3) is 0.300. The Morgan fingerprint density at radius 2 is 2.00 bits per heavy atom. The van der Waals surface area contributed by atoms with Crippen molar-refractivity contribution in [3.05, 3.63) is 60.3 Å². The van der Waals surface area contributed by atoms with Gasteiger partial charge in [-0.15, -0.1) is 0 Å². The number of benzene rings is 1. The summed E-state index contributed by atoms with van der Waals surface area (Å²) >= 11 is -2.02. The molecule has 0 amide bonds. The van der Waals surface area contributed by atoms with Crippen molar-refractivity contribution in [3.63, 3.8) is 0 Å². The van der Waals surface area contributed by atoms with E-state index in [1.165, 1.54) is 12.1 Å². The maximum atomic E-state index is 13.2. The Morgan fingerprint density at radius 1 is 1.22 bits per heavy atom. The van der Waals surface area contributed by atoms with Crippen molar-refractivity contribution in [2.24, 2.45) is 5.92 Å². The van der Waals surface area contributed by atoms with Crippen LogP contribution in [0, 0.1) is 11.7 Å². The molecule has 1 saturated heterocycles. The summed E-state index contributed by atoms with van der Waals surface area (Å²) in [5.74, 6) is 2.16. The van der Waals surface area contributed by atoms with Crippen molar-refractivity contribution in [1.82, 2.24) is 24.7 Å². The number of nitrogens with zero attached hydrogens (tertiary/aromatic N) is 5. The number of hydrogen-bond acceptors (Lipinski definition) is 8. The molecule has 32 heavy (non-hydrogen) atoms. The second-order valence-corrected chi connectivity index (χ2v) is 8.22. The molecule has 168 valence electrons. The highest BCUT2D eigenvalue weighted by molar-refractivity contribution is 7.77. The van der Waals surface area contributed by atoms with Crippen molar-refractivity contribution in [1.29, 1.82) is 0 Å². The van der Waals surface area contributed by atoms with Gasteiger partial charge in [-0.1, -0.05) is 12.1 Å². The van der Waals surface area contributed by atoms with Crippen molar-refractivity contribution in [3.8, 4) is 0 Å². The fourth-order valence-corrected chi connectivity index (χ4v) is 3.70. The summed E-state index contributed by atoms with van der Waals surface area (Å²) in [6.45, 7) is 3.78. The first-order valence-corrected chi connectivity index (χ1v) is 11.1. The lowest BCUT2D eigenvalue weighted by atomic mass is 10.0. The molecule has 4 rings (SSSR count). The molecule has 4 N–H and O–H groups in total. The number of aromatic nitrogens is 4. The van der Waals surface area contributed by atoms with Gasteiger partial charge in [-0.2, -0.15) is 9.97 Å².